The highest BCUT2D eigenvalue weighted by atomic mass is 32.2. The van der Waals surface area contributed by atoms with Gasteiger partial charge in [0.2, 0.25) is 0 Å². The first-order valence-corrected chi connectivity index (χ1v) is 6.03. The van der Waals surface area contributed by atoms with E-state index in [1.54, 1.807) is 25.1 Å². The summed E-state index contributed by atoms with van der Waals surface area (Å²) in [6.45, 7) is 1.57. The van der Waals surface area contributed by atoms with Crippen LogP contribution < -0.4 is 17.2 Å². The Kier molecular flexibility index (Phi) is 4.28. The zero-order valence-corrected chi connectivity index (χ0v) is 9.87. The van der Waals surface area contributed by atoms with Crippen LogP contribution in [0.5, 0.6) is 0 Å². The summed E-state index contributed by atoms with van der Waals surface area (Å²) >= 11 is -2.17. The first-order chi connectivity index (χ1) is 7.41. The first kappa shape index (κ1) is 13.0. The van der Waals surface area contributed by atoms with Gasteiger partial charge in [0.1, 0.15) is 0 Å². The van der Waals surface area contributed by atoms with Gasteiger partial charge in [0, 0.05) is 22.7 Å². The monoisotopic (exact) mass is 242 g/mol. The summed E-state index contributed by atoms with van der Waals surface area (Å²) in [5, 5.41) is -0.610. The molecule has 0 aliphatic rings. The number of hydrogen-bond donors (Lipinski definition) is 3. The molecule has 6 N–H and O–H groups in total. The number of anilines is 2. The Bertz CT molecular complexity index is 398. The summed E-state index contributed by atoms with van der Waals surface area (Å²) in [6, 6.07) is 4.62. The highest BCUT2D eigenvalue weighted by Crippen LogP contribution is 2.18. The third-order valence-corrected chi connectivity index (χ3v) is 3.49. The highest BCUT2D eigenvalue weighted by molar-refractivity contribution is 7.79. The van der Waals surface area contributed by atoms with Gasteiger partial charge in [-0.1, -0.05) is 18.0 Å². The van der Waals surface area contributed by atoms with E-state index < -0.39 is 22.4 Å². The summed E-state index contributed by atoms with van der Waals surface area (Å²) in [4.78, 5) is 0. The zero-order chi connectivity index (χ0) is 12.3. The van der Waals surface area contributed by atoms with E-state index in [2.05, 4.69) is 0 Å². The van der Waals surface area contributed by atoms with Crippen molar-refractivity contribution < 1.29 is 8.76 Å². The molecule has 3 atom stereocenters. The van der Waals surface area contributed by atoms with Gasteiger partial charge in [0.05, 0.1) is 0 Å². The zero-order valence-electron chi connectivity index (χ0n) is 9.05. The van der Waals surface area contributed by atoms with E-state index in [4.69, 9.17) is 17.2 Å². The Hall–Kier alpha value is -1.11. The number of hydrogen-bond acceptors (Lipinski definition) is 5. The van der Waals surface area contributed by atoms with Crippen LogP contribution in [-0.4, -0.2) is 20.1 Å². The van der Waals surface area contributed by atoms with Gasteiger partial charge in [-0.2, -0.15) is 0 Å². The molecule has 0 heterocycles. The maximum absolute atomic E-state index is 10.7. The van der Waals surface area contributed by atoms with Crippen molar-refractivity contribution in [3.8, 4) is 0 Å². The fourth-order valence-electron chi connectivity index (χ4n) is 1.37. The van der Waals surface area contributed by atoms with Crippen LogP contribution in [0.25, 0.3) is 0 Å². The van der Waals surface area contributed by atoms with Crippen molar-refractivity contribution in [1.29, 1.82) is 0 Å². The van der Waals surface area contributed by atoms with Crippen molar-refractivity contribution in [3.05, 3.63) is 23.8 Å². The SMILES string of the molecule is CC(C(N)Cc1cc(N)ccc1N)S(=O)[O-]. The molecule has 0 fully saturated rings. The van der Waals surface area contributed by atoms with Crippen LogP contribution in [0.2, 0.25) is 0 Å². The Morgan fingerprint density at radius 2 is 2.06 bits per heavy atom. The molecule has 0 radical (unpaired) electrons. The predicted octanol–water partition coefficient (Wildman–Crippen LogP) is -0.0116. The van der Waals surface area contributed by atoms with Crippen LogP contribution in [0.15, 0.2) is 18.2 Å². The van der Waals surface area contributed by atoms with E-state index in [0.29, 0.717) is 17.8 Å². The van der Waals surface area contributed by atoms with Crippen molar-refractivity contribution in [2.75, 3.05) is 11.5 Å². The average molecular weight is 242 g/mol. The Morgan fingerprint density at radius 3 is 2.62 bits per heavy atom. The van der Waals surface area contributed by atoms with Crippen LogP contribution in [-0.2, 0) is 17.5 Å². The van der Waals surface area contributed by atoms with E-state index in [9.17, 15) is 8.76 Å². The second-order valence-corrected chi connectivity index (χ2v) is 5.06. The molecule has 6 heteroatoms. The van der Waals surface area contributed by atoms with E-state index in [1.807, 2.05) is 0 Å². The van der Waals surface area contributed by atoms with Crippen LogP contribution >= 0.6 is 0 Å². The van der Waals surface area contributed by atoms with Crippen molar-refractivity contribution >= 4 is 22.5 Å². The van der Waals surface area contributed by atoms with E-state index in [1.165, 1.54) is 0 Å². The van der Waals surface area contributed by atoms with Gasteiger partial charge in [-0.05, 0) is 30.2 Å². The molecule has 16 heavy (non-hydrogen) atoms. The van der Waals surface area contributed by atoms with Gasteiger partial charge < -0.3 is 21.8 Å². The maximum Gasteiger partial charge on any atom is 0.0348 e. The Morgan fingerprint density at radius 1 is 1.44 bits per heavy atom. The Balaban J connectivity index is 2.80. The maximum atomic E-state index is 10.7. The first-order valence-electron chi connectivity index (χ1n) is 4.89. The minimum Gasteiger partial charge on any atom is -0.772 e. The average Bonchev–Trinajstić information content (AvgIpc) is 2.22. The van der Waals surface area contributed by atoms with Crippen LogP contribution in [0.1, 0.15) is 12.5 Å². The lowest BCUT2D eigenvalue weighted by Crippen LogP contribution is -2.37. The smallest absolute Gasteiger partial charge is 0.0348 e. The lowest BCUT2D eigenvalue weighted by atomic mass is 10.0. The number of rotatable bonds is 4. The molecular formula is C10H16N3O2S-. The normalized spacial score (nSPS) is 16.7. The van der Waals surface area contributed by atoms with Gasteiger partial charge in [-0.15, -0.1) is 0 Å². The molecule has 0 aromatic heterocycles. The van der Waals surface area contributed by atoms with Gasteiger partial charge in [0.15, 0.2) is 0 Å². The van der Waals surface area contributed by atoms with E-state index in [-0.39, 0.29) is 0 Å². The minimum absolute atomic E-state index is 0.395. The largest absolute Gasteiger partial charge is 0.772 e. The summed E-state index contributed by atoms with van der Waals surface area (Å²) in [5.74, 6) is 0. The molecule has 0 bridgehead atoms. The van der Waals surface area contributed by atoms with Crippen LogP contribution in [0.4, 0.5) is 11.4 Å². The highest BCUT2D eigenvalue weighted by Gasteiger charge is 2.15. The topological polar surface area (TPSA) is 118 Å². The third-order valence-electron chi connectivity index (χ3n) is 2.53. The molecule has 1 rings (SSSR count). The second kappa shape index (κ2) is 5.29. The molecule has 0 spiro atoms. The van der Waals surface area contributed by atoms with Crippen LogP contribution in [0.3, 0.4) is 0 Å². The molecule has 5 nitrogen and oxygen atoms in total. The quantitative estimate of drug-likeness (QED) is 0.507. The summed E-state index contributed by atoms with van der Waals surface area (Å²) < 4.78 is 21.5. The molecule has 0 aliphatic heterocycles. The van der Waals surface area contributed by atoms with Gasteiger partial charge in [-0.3, -0.25) is 4.21 Å². The second-order valence-electron chi connectivity index (χ2n) is 3.79. The lowest BCUT2D eigenvalue weighted by molar-refractivity contribution is 0.507. The molecule has 0 saturated heterocycles. The lowest BCUT2D eigenvalue weighted by Gasteiger charge is -2.22. The minimum atomic E-state index is -2.17. The molecule has 90 valence electrons. The fourth-order valence-corrected chi connectivity index (χ4v) is 1.75. The third kappa shape index (κ3) is 3.19. The summed E-state index contributed by atoms with van der Waals surface area (Å²) in [6.07, 6.45) is 0.395. The van der Waals surface area contributed by atoms with Gasteiger partial charge >= 0.3 is 0 Å². The van der Waals surface area contributed by atoms with Crippen molar-refractivity contribution in [2.24, 2.45) is 5.73 Å². The number of nitrogen functional groups attached to an aromatic ring is 2. The fraction of sp³-hybridized carbons (Fsp3) is 0.400. The molecule has 0 aliphatic carbocycles. The molecule has 3 unspecified atom stereocenters. The molecule has 0 saturated carbocycles. The van der Waals surface area contributed by atoms with Gasteiger partial charge in [0.25, 0.3) is 0 Å². The molecule has 0 amide bonds. The number of benzene rings is 1. The standard InChI is InChI=1S/C10H17N3O2S/c1-6(16(14)15)10(13)5-7-4-8(11)2-3-9(7)12/h2-4,6,10H,5,11-13H2,1H3,(H,14,15)/p-1. The molecular weight excluding hydrogens is 226 g/mol. The van der Waals surface area contributed by atoms with Crippen molar-refractivity contribution in [3.63, 3.8) is 0 Å². The van der Waals surface area contributed by atoms with Crippen LogP contribution in [0, 0.1) is 0 Å². The Labute approximate surface area is 97.3 Å². The summed E-state index contributed by atoms with van der Waals surface area (Å²) in [5.41, 5.74) is 19.1. The number of nitrogens with two attached hydrogens (primary N) is 3. The van der Waals surface area contributed by atoms with Crippen molar-refractivity contribution in [2.45, 2.75) is 24.6 Å². The van der Waals surface area contributed by atoms with E-state index in [0.717, 1.165) is 5.56 Å². The molecule has 1 aromatic carbocycles. The molecule has 1 aromatic rings. The summed E-state index contributed by atoms with van der Waals surface area (Å²) in [7, 11) is 0. The van der Waals surface area contributed by atoms with Gasteiger partial charge in [-0.25, -0.2) is 0 Å². The van der Waals surface area contributed by atoms with Crippen molar-refractivity contribution in [1.82, 2.24) is 0 Å². The predicted molar refractivity (Wildman–Crippen MR) is 65.3 cm³/mol. The van der Waals surface area contributed by atoms with E-state index >= 15 is 0 Å².